The largest absolute Gasteiger partial charge is 0.358 e. The van der Waals surface area contributed by atoms with Crippen LogP contribution in [-0.2, 0) is 7.05 Å². The molecule has 6 heteroatoms. The van der Waals surface area contributed by atoms with Crippen molar-refractivity contribution in [3.63, 3.8) is 0 Å². The second kappa shape index (κ2) is 4.37. The van der Waals surface area contributed by atoms with Crippen LogP contribution in [0.4, 0.5) is 5.82 Å². The zero-order chi connectivity index (χ0) is 12.4. The van der Waals surface area contributed by atoms with Crippen LogP contribution in [0.5, 0.6) is 0 Å². The van der Waals surface area contributed by atoms with Crippen LogP contribution in [0.2, 0.25) is 0 Å². The van der Waals surface area contributed by atoms with E-state index in [0.29, 0.717) is 6.54 Å². The maximum atomic E-state index is 8.82. The number of hydrogen-bond donors (Lipinski definition) is 0. The molecule has 0 aliphatic carbocycles. The molecule has 17 heavy (non-hydrogen) atoms. The zero-order valence-electron chi connectivity index (χ0n) is 10.1. The summed E-state index contributed by atoms with van der Waals surface area (Å²) in [5.74, 6) is 0.770. The molecule has 0 aromatic carbocycles. The summed E-state index contributed by atoms with van der Waals surface area (Å²) in [6, 6.07) is 2.21. The van der Waals surface area contributed by atoms with E-state index in [0.717, 1.165) is 16.9 Å². The van der Waals surface area contributed by atoms with Crippen molar-refractivity contribution in [3.05, 3.63) is 12.5 Å². The number of rotatable bonds is 3. The van der Waals surface area contributed by atoms with Crippen LogP contribution in [0.1, 0.15) is 6.92 Å². The number of nitrogens with zero attached hydrogens (tertiary/aromatic N) is 6. The van der Waals surface area contributed by atoms with Crippen molar-refractivity contribution in [2.24, 2.45) is 13.0 Å². The van der Waals surface area contributed by atoms with Gasteiger partial charge >= 0.3 is 0 Å². The Kier molecular flexibility index (Phi) is 2.91. The highest BCUT2D eigenvalue weighted by molar-refractivity contribution is 5.86. The minimum absolute atomic E-state index is 0.0401. The third-order valence-corrected chi connectivity index (χ3v) is 2.64. The van der Waals surface area contributed by atoms with Gasteiger partial charge in [-0.05, 0) is 6.92 Å². The lowest BCUT2D eigenvalue weighted by Crippen LogP contribution is -2.24. The van der Waals surface area contributed by atoms with Crippen molar-refractivity contribution in [1.29, 1.82) is 5.26 Å². The predicted octanol–water partition coefficient (Wildman–Crippen LogP) is 0.959. The molecular formula is C11H14N6. The molecule has 0 saturated heterocycles. The second-order valence-electron chi connectivity index (χ2n) is 4.11. The molecule has 0 aliphatic heterocycles. The van der Waals surface area contributed by atoms with Crippen LogP contribution in [0.15, 0.2) is 12.5 Å². The van der Waals surface area contributed by atoms with Crippen LogP contribution in [0.25, 0.3) is 11.0 Å². The van der Waals surface area contributed by atoms with Crippen molar-refractivity contribution < 1.29 is 0 Å². The predicted molar refractivity (Wildman–Crippen MR) is 64.4 cm³/mol. The molecule has 6 nitrogen and oxygen atoms in total. The van der Waals surface area contributed by atoms with Crippen LogP contribution in [-0.4, -0.2) is 33.3 Å². The van der Waals surface area contributed by atoms with E-state index in [9.17, 15) is 0 Å². The van der Waals surface area contributed by atoms with Gasteiger partial charge in [0.1, 0.15) is 12.1 Å². The number of hydrogen-bond acceptors (Lipinski definition) is 5. The van der Waals surface area contributed by atoms with Gasteiger partial charge in [-0.2, -0.15) is 10.4 Å². The molecule has 1 atom stereocenters. The van der Waals surface area contributed by atoms with Gasteiger partial charge in [-0.1, -0.05) is 0 Å². The Labute approximate surface area is 99.5 Å². The van der Waals surface area contributed by atoms with Crippen molar-refractivity contribution in [2.75, 3.05) is 18.5 Å². The highest BCUT2D eigenvalue weighted by Gasteiger charge is 2.13. The van der Waals surface area contributed by atoms with Gasteiger partial charge in [0.05, 0.1) is 23.6 Å². The first-order chi connectivity index (χ1) is 8.13. The summed E-state index contributed by atoms with van der Waals surface area (Å²) in [6.45, 7) is 2.52. The van der Waals surface area contributed by atoms with E-state index in [1.807, 2.05) is 25.9 Å². The van der Waals surface area contributed by atoms with Crippen molar-refractivity contribution in [2.45, 2.75) is 6.92 Å². The highest BCUT2D eigenvalue weighted by Crippen LogP contribution is 2.21. The molecule has 2 heterocycles. The van der Waals surface area contributed by atoms with Crippen LogP contribution in [0, 0.1) is 17.2 Å². The lowest BCUT2D eigenvalue weighted by atomic mass is 10.2. The number of nitriles is 1. The van der Waals surface area contributed by atoms with E-state index < -0.39 is 0 Å². The quantitative estimate of drug-likeness (QED) is 0.785. The molecule has 0 fully saturated rings. The number of aryl methyl sites for hydroxylation is 1. The average Bonchev–Trinajstić information content (AvgIpc) is 2.71. The molecule has 88 valence electrons. The van der Waals surface area contributed by atoms with E-state index in [1.54, 1.807) is 10.9 Å². The summed E-state index contributed by atoms with van der Waals surface area (Å²) in [7, 11) is 3.76. The third kappa shape index (κ3) is 2.04. The van der Waals surface area contributed by atoms with Crippen LogP contribution >= 0.6 is 0 Å². The molecule has 2 aromatic heterocycles. The first-order valence-corrected chi connectivity index (χ1v) is 5.37. The Morgan fingerprint density at radius 1 is 1.53 bits per heavy atom. The fraction of sp³-hybridized carbons (Fsp3) is 0.455. The lowest BCUT2D eigenvalue weighted by Gasteiger charge is -2.19. The molecule has 0 spiro atoms. The van der Waals surface area contributed by atoms with Gasteiger partial charge in [-0.25, -0.2) is 9.97 Å². The molecule has 0 radical (unpaired) electrons. The first kappa shape index (κ1) is 11.3. The summed E-state index contributed by atoms with van der Waals surface area (Å²) in [5, 5.41) is 13.9. The number of aromatic nitrogens is 4. The number of anilines is 1. The SMILES string of the molecule is C[C@@H](C#N)CN(C)c1ncnc2c1cnn2C. The fourth-order valence-electron chi connectivity index (χ4n) is 1.79. The molecular weight excluding hydrogens is 216 g/mol. The maximum absolute atomic E-state index is 8.82. The van der Waals surface area contributed by atoms with Gasteiger partial charge in [0.2, 0.25) is 0 Å². The van der Waals surface area contributed by atoms with Gasteiger partial charge in [0, 0.05) is 20.6 Å². The van der Waals surface area contributed by atoms with E-state index in [1.165, 1.54) is 6.33 Å². The summed E-state index contributed by atoms with van der Waals surface area (Å²) >= 11 is 0. The molecule has 0 saturated carbocycles. The fourth-order valence-corrected chi connectivity index (χ4v) is 1.79. The van der Waals surface area contributed by atoms with E-state index in [-0.39, 0.29) is 5.92 Å². The van der Waals surface area contributed by atoms with Crippen molar-refractivity contribution >= 4 is 16.9 Å². The standard InChI is InChI=1S/C11H14N6/c1-8(4-12)6-16(2)10-9-5-15-17(3)11(9)14-7-13-10/h5,7-8H,6H2,1-3H3/t8-/m0/s1. The van der Waals surface area contributed by atoms with Crippen molar-refractivity contribution in [3.8, 4) is 6.07 Å². The van der Waals surface area contributed by atoms with E-state index in [4.69, 9.17) is 5.26 Å². The minimum Gasteiger partial charge on any atom is -0.358 e. The Morgan fingerprint density at radius 3 is 3.00 bits per heavy atom. The number of fused-ring (bicyclic) bond motifs is 1. The Morgan fingerprint density at radius 2 is 2.29 bits per heavy atom. The van der Waals surface area contributed by atoms with Crippen LogP contribution < -0.4 is 4.90 Å². The molecule has 2 rings (SSSR count). The monoisotopic (exact) mass is 230 g/mol. The minimum atomic E-state index is -0.0401. The molecule has 0 bridgehead atoms. The molecule has 0 aliphatic rings. The summed E-state index contributed by atoms with van der Waals surface area (Å²) in [6.07, 6.45) is 3.27. The summed E-state index contributed by atoms with van der Waals surface area (Å²) < 4.78 is 1.71. The van der Waals surface area contributed by atoms with Gasteiger partial charge in [0.15, 0.2) is 5.65 Å². The lowest BCUT2D eigenvalue weighted by molar-refractivity contribution is 0.711. The van der Waals surface area contributed by atoms with Crippen molar-refractivity contribution in [1.82, 2.24) is 19.7 Å². The van der Waals surface area contributed by atoms with Gasteiger partial charge in [0.25, 0.3) is 0 Å². The van der Waals surface area contributed by atoms with Crippen LogP contribution in [0.3, 0.4) is 0 Å². The topological polar surface area (TPSA) is 70.6 Å². The third-order valence-electron chi connectivity index (χ3n) is 2.64. The molecule has 0 N–H and O–H groups in total. The Bertz CT molecular complexity index is 567. The normalized spacial score (nSPS) is 12.4. The molecule has 2 aromatic rings. The van der Waals surface area contributed by atoms with E-state index in [2.05, 4.69) is 21.1 Å². The van der Waals surface area contributed by atoms with E-state index >= 15 is 0 Å². The summed E-state index contributed by atoms with van der Waals surface area (Å²) in [4.78, 5) is 10.4. The van der Waals surface area contributed by atoms with Gasteiger partial charge < -0.3 is 4.90 Å². The van der Waals surface area contributed by atoms with Gasteiger partial charge in [-0.3, -0.25) is 4.68 Å². The summed E-state index contributed by atoms with van der Waals surface area (Å²) in [5.41, 5.74) is 0.798. The molecule has 0 amide bonds. The Hall–Kier alpha value is -2.16. The molecule has 0 unspecified atom stereocenters. The zero-order valence-corrected chi connectivity index (χ0v) is 10.1. The van der Waals surface area contributed by atoms with Gasteiger partial charge in [-0.15, -0.1) is 0 Å². The first-order valence-electron chi connectivity index (χ1n) is 5.37. The smallest absolute Gasteiger partial charge is 0.163 e. The average molecular weight is 230 g/mol. The maximum Gasteiger partial charge on any atom is 0.163 e. The Balaban J connectivity index is 2.39. The highest BCUT2D eigenvalue weighted by atomic mass is 15.3. The second-order valence-corrected chi connectivity index (χ2v) is 4.11.